The Labute approximate surface area is 110 Å². The van der Waals surface area contributed by atoms with Crippen molar-refractivity contribution in [1.29, 1.82) is 0 Å². The molecule has 0 radical (unpaired) electrons. The summed E-state index contributed by atoms with van der Waals surface area (Å²) >= 11 is 0. The largest absolute Gasteiger partial charge is 0.394 e. The summed E-state index contributed by atoms with van der Waals surface area (Å²) < 4.78 is 0. The van der Waals surface area contributed by atoms with Crippen LogP contribution in [0.2, 0.25) is 0 Å². The summed E-state index contributed by atoms with van der Waals surface area (Å²) in [5.41, 5.74) is -0.270. The maximum absolute atomic E-state index is 11.9. The predicted octanol–water partition coefficient (Wildman–Crippen LogP) is 2.03. The Morgan fingerprint density at radius 1 is 1.33 bits per heavy atom. The first-order valence-electron chi connectivity index (χ1n) is 7.04. The van der Waals surface area contributed by atoms with Crippen LogP contribution in [-0.4, -0.2) is 29.3 Å². The lowest BCUT2D eigenvalue weighted by Gasteiger charge is -2.47. The standard InChI is InChI=1S/C14H26N2O2/c1-10-6-13(2,3)8-14(7-10,9-17)16-12(18)15-11-4-5-11/h10-11,17H,4-9H2,1-3H3,(H2,15,16,18)/t10-,14-/m0/s1. The van der Waals surface area contributed by atoms with E-state index >= 15 is 0 Å². The third kappa shape index (κ3) is 3.37. The first kappa shape index (κ1) is 13.7. The van der Waals surface area contributed by atoms with E-state index in [9.17, 15) is 9.90 Å². The van der Waals surface area contributed by atoms with Gasteiger partial charge in [0.15, 0.2) is 0 Å². The molecule has 0 aromatic heterocycles. The van der Waals surface area contributed by atoms with Crippen LogP contribution < -0.4 is 10.6 Å². The van der Waals surface area contributed by atoms with Crippen molar-refractivity contribution in [3.8, 4) is 0 Å². The molecular weight excluding hydrogens is 228 g/mol. The van der Waals surface area contributed by atoms with Crippen LogP contribution in [0.15, 0.2) is 0 Å². The van der Waals surface area contributed by atoms with Gasteiger partial charge in [0.2, 0.25) is 0 Å². The van der Waals surface area contributed by atoms with Gasteiger partial charge in [0.1, 0.15) is 0 Å². The average Bonchev–Trinajstić information content (AvgIpc) is 2.97. The van der Waals surface area contributed by atoms with E-state index in [-0.39, 0.29) is 18.1 Å². The molecule has 104 valence electrons. The molecule has 0 saturated heterocycles. The number of aliphatic hydroxyl groups is 1. The van der Waals surface area contributed by atoms with Gasteiger partial charge in [0, 0.05) is 6.04 Å². The van der Waals surface area contributed by atoms with E-state index < -0.39 is 5.54 Å². The van der Waals surface area contributed by atoms with Crippen LogP contribution in [0.25, 0.3) is 0 Å². The normalized spacial score (nSPS) is 35.0. The molecule has 2 fully saturated rings. The third-order valence-electron chi connectivity index (χ3n) is 4.05. The zero-order valence-corrected chi connectivity index (χ0v) is 11.8. The van der Waals surface area contributed by atoms with Gasteiger partial charge in [-0.15, -0.1) is 0 Å². The second-order valence-corrected chi connectivity index (χ2v) is 7.17. The zero-order valence-electron chi connectivity index (χ0n) is 11.8. The van der Waals surface area contributed by atoms with Crippen LogP contribution in [0.1, 0.15) is 52.9 Å². The first-order valence-corrected chi connectivity index (χ1v) is 7.04. The highest BCUT2D eigenvalue weighted by Crippen LogP contribution is 2.43. The summed E-state index contributed by atoms with van der Waals surface area (Å²) in [7, 11) is 0. The summed E-state index contributed by atoms with van der Waals surface area (Å²) in [6.07, 6.45) is 5.04. The van der Waals surface area contributed by atoms with Gasteiger partial charge in [-0.3, -0.25) is 0 Å². The Hall–Kier alpha value is -0.770. The van der Waals surface area contributed by atoms with Crippen molar-refractivity contribution in [2.24, 2.45) is 11.3 Å². The number of amides is 2. The Balaban J connectivity index is 2.01. The van der Waals surface area contributed by atoms with Crippen molar-refractivity contribution in [3.63, 3.8) is 0 Å². The van der Waals surface area contributed by atoms with Gasteiger partial charge in [-0.2, -0.15) is 0 Å². The fourth-order valence-corrected chi connectivity index (χ4v) is 3.69. The number of hydrogen-bond donors (Lipinski definition) is 3. The number of urea groups is 1. The van der Waals surface area contributed by atoms with E-state index in [4.69, 9.17) is 0 Å². The molecule has 0 aromatic carbocycles. The number of nitrogens with one attached hydrogen (secondary N) is 2. The fourth-order valence-electron chi connectivity index (χ4n) is 3.69. The smallest absolute Gasteiger partial charge is 0.315 e. The first-order chi connectivity index (χ1) is 8.34. The highest BCUT2D eigenvalue weighted by Gasteiger charge is 2.43. The Bertz CT molecular complexity index is 326. The molecule has 2 rings (SSSR count). The van der Waals surface area contributed by atoms with Crippen LogP contribution in [0.4, 0.5) is 4.79 Å². The minimum absolute atomic E-state index is 0.0266. The molecule has 0 unspecified atom stereocenters. The number of rotatable bonds is 3. The Morgan fingerprint density at radius 2 is 2.00 bits per heavy atom. The van der Waals surface area contributed by atoms with Gasteiger partial charge in [-0.25, -0.2) is 4.79 Å². The van der Waals surface area contributed by atoms with Gasteiger partial charge < -0.3 is 15.7 Å². The number of hydrogen-bond acceptors (Lipinski definition) is 2. The number of carbonyl (C=O) groups is 1. The molecule has 2 atom stereocenters. The highest BCUT2D eigenvalue weighted by molar-refractivity contribution is 5.75. The van der Waals surface area contributed by atoms with Crippen molar-refractivity contribution >= 4 is 6.03 Å². The van der Waals surface area contributed by atoms with Crippen LogP contribution >= 0.6 is 0 Å². The number of carbonyl (C=O) groups excluding carboxylic acids is 1. The molecule has 0 heterocycles. The molecule has 2 aliphatic carbocycles. The van der Waals surface area contributed by atoms with Crippen molar-refractivity contribution in [1.82, 2.24) is 10.6 Å². The fraction of sp³-hybridized carbons (Fsp3) is 0.929. The van der Waals surface area contributed by atoms with Crippen LogP contribution in [0.5, 0.6) is 0 Å². The summed E-state index contributed by atoms with van der Waals surface area (Å²) in [4.78, 5) is 11.9. The van der Waals surface area contributed by atoms with E-state index in [0.717, 1.165) is 32.1 Å². The van der Waals surface area contributed by atoms with Gasteiger partial charge >= 0.3 is 6.03 Å². The van der Waals surface area contributed by atoms with E-state index in [1.807, 2.05) is 0 Å². The van der Waals surface area contributed by atoms with Gasteiger partial charge in [-0.05, 0) is 43.4 Å². The van der Waals surface area contributed by atoms with E-state index in [0.29, 0.717) is 12.0 Å². The Morgan fingerprint density at radius 3 is 2.50 bits per heavy atom. The van der Waals surface area contributed by atoms with E-state index in [2.05, 4.69) is 31.4 Å². The van der Waals surface area contributed by atoms with Crippen LogP contribution in [0.3, 0.4) is 0 Å². The van der Waals surface area contributed by atoms with Crippen molar-refractivity contribution in [3.05, 3.63) is 0 Å². The lowest BCUT2D eigenvalue weighted by Crippen LogP contribution is -2.59. The monoisotopic (exact) mass is 254 g/mol. The van der Waals surface area contributed by atoms with Crippen molar-refractivity contribution in [2.75, 3.05) is 6.61 Å². The second-order valence-electron chi connectivity index (χ2n) is 7.17. The maximum Gasteiger partial charge on any atom is 0.315 e. The van der Waals surface area contributed by atoms with Gasteiger partial charge in [-0.1, -0.05) is 20.8 Å². The molecular formula is C14H26N2O2. The molecule has 4 heteroatoms. The molecule has 0 spiro atoms. The summed E-state index contributed by atoms with van der Waals surface area (Å²) in [5.74, 6) is 0.530. The number of aliphatic hydroxyl groups excluding tert-OH is 1. The van der Waals surface area contributed by atoms with Crippen LogP contribution in [0, 0.1) is 11.3 Å². The lowest BCUT2D eigenvalue weighted by atomic mass is 9.64. The average molecular weight is 254 g/mol. The predicted molar refractivity (Wildman–Crippen MR) is 71.3 cm³/mol. The quantitative estimate of drug-likeness (QED) is 0.721. The zero-order chi connectivity index (χ0) is 13.4. The van der Waals surface area contributed by atoms with E-state index in [1.54, 1.807) is 0 Å². The molecule has 2 saturated carbocycles. The molecule has 2 aliphatic rings. The minimum atomic E-state index is -0.444. The molecule has 0 bridgehead atoms. The van der Waals surface area contributed by atoms with E-state index in [1.165, 1.54) is 0 Å². The third-order valence-corrected chi connectivity index (χ3v) is 4.05. The van der Waals surface area contributed by atoms with Crippen molar-refractivity contribution < 1.29 is 9.90 Å². The SMILES string of the molecule is C[C@H]1CC(C)(C)C[C@@](CO)(NC(=O)NC2CC2)C1. The minimum Gasteiger partial charge on any atom is -0.394 e. The molecule has 4 nitrogen and oxygen atoms in total. The molecule has 0 aliphatic heterocycles. The van der Waals surface area contributed by atoms with Gasteiger partial charge in [0.25, 0.3) is 0 Å². The molecule has 3 N–H and O–H groups in total. The van der Waals surface area contributed by atoms with Crippen LogP contribution in [-0.2, 0) is 0 Å². The maximum atomic E-state index is 11.9. The topological polar surface area (TPSA) is 61.4 Å². The Kier molecular flexibility index (Phi) is 3.58. The van der Waals surface area contributed by atoms with Crippen molar-refractivity contribution in [2.45, 2.75) is 64.5 Å². The summed E-state index contributed by atoms with van der Waals surface area (Å²) in [6, 6.07) is 0.242. The highest BCUT2D eigenvalue weighted by atomic mass is 16.3. The summed E-state index contributed by atoms with van der Waals surface area (Å²) in [5, 5.41) is 15.7. The molecule has 2 amide bonds. The summed E-state index contributed by atoms with van der Waals surface area (Å²) in [6.45, 7) is 6.66. The van der Waals surface area contributed by atoms with Gasteiger partial charge in [0.05, 0.1) is 12.1 Å². The molecule has 0 aromatic rings. The molecule has 18 heavy (non-hydrogen) atoms. The second kappa shape index (κ2) is 4.72. The lowest BCUT2D eigenvalue weighted by molar-refractivity contribution is 0.0432.